The average molecular weight is 230 g/mol. The Morgan fingerprint density at radius 3 is 2.67 bits per heavy atom. The lowest BCUT2D eigenvalue weighted by molar-refractivity contribution is 0.256. The molecular weight excluding hydrogens is 217 g/mol. The van der Waals surface area contributed by atoms with Crippen molar-refractivity contribution in [1.29, 1.82) is 0 Å². The molecule has 2 rings (SSSR count). The number of phenols is 1. The van der Waals surface area contributed by atoms with Gasteiger partial charge < -0.3 is 10.8 Å². The largest absolute Gasteiger partial charge is 0.506 e. The van der Waals surface area contributed by atoms with E-state index in [0.717, 1.165) is 19.3 Å². The molecule has 15 heavy (non-hydrogen) atoms. The smallest absolute Gasteiger partial charge is 0.141 e. The van der Waals surface area contributed by atoms with E-state index in [1.165, 1.54) is 12.1 Å². The van der Waals surface area contributed by atoms with Crippen LogP contribution in [0.3, 0.4) is 0 Å². The van der Waals surface area contributed by atoms with Crippen LogP contribution < -0.4 is 5.73 Å². The molecule has 1 aromatic carbocycles. The molecule has 82 valence electrons. The van der Waals surface area contributed by atoms with Crippen LogP contribution in [0.4, 0.5) is 4.39 Å². The van der Waals surface area contributed by atoms with Gasteiger partial charge in [0.25, 0.3) is 0 Å². The Hall–Kier alpha value is -0.800. The van der Waals surface area contributed by atoms with E-state index >= 15 is 0 Å². The number of phenolic OH excluding ortho intramolecular Hbond substituents is 1. The average Bonchev–Trinajstić information content (AvgIpc) is 2.09. The van der Waals surface area contributed by atoms with Crippen LogP contribution in [0, 0.1) is 11.7 Å². The number of nitrogens with two attached hydrogens (primary N) is 1. The highest BCUT2D eigenvalue weighted by Gasteiger charge is 2.29. The van der Waals surface area contributed by atoms with E-state index in [2.05, 4.69) is 0 Å². The maximum absolute atomic E-state index is 13.5. The standard InChI is InChI=1S/C11H13ClFNO/c12-7-4-5-8(13)9(11(7)15)10(14)6-2-1-3-6/h4-6,10,15H,1-3,14H2/t10-/m1/s1. The Bertz CT molecular complexity index is 379. The Morgan fingerprint density at radius 2 is 2.13 bits per heavy atom. The zero-order chi connectivity index (χ0) is 11.0. The summed E-state index contributed by atoms with van der Waals surface area (Å²) in [5, 5.41) is 9.82. The third-order valence-corrected chi connectivity index (χ3v) is 3.41. The fraction of sp³-hybridized carbons (Fsp3) is 0.455. The van der Waals surface area contributed by atoms with Crippen LogP contribution >= 0.6 is 11.6 Å². The summed E-state index contributed by atoms with van der Waals surface area (Å²) in [4.78, 5) is 0. The van der Waals surface area contributed by atoms with Crippen LogP contribution in [0.5, 0.6) is 5.75 Å². The lowest BCUT2D eigenvalue weighted by atomic mass is 9.77. The first kappa shape index (κ1) is 10.7. The number of benzene rings is 1. The maximum atomic E-state index is 13.5. The molecule has 3 N–H and O–H groups in total. The van der Waals surface area contributed by atoms with Crippen LogP contribution in [0.15, 0.2) is 12.1 Å². The van der Waals surface area contributed by atoms with Crippen molar-refractivity contribution in [3.05, 3.63) is 28.5 Å². The van der Waals surface area contributed by atoms with E-state index in [-0.39, 0.29) is 22.3 Å². The van der Waals surface area contributed by atoms with Crippen LogP contribution in [0.2, 0.25) is 5.02 Å². The van der Waals surface area contributed by atoms with Crippen LogP contribution in [-0.4, -0.2) is 5.11 Å². The van der Waals surface area contributed by atoms with Crippen molar-refractivity contribution >= 4 is 11.6 Å². The van der Waals surface area contributed by atoms with Gasteiger partial charge in [-0.25, -0.2) is 4.39 Å². The first-order chi connectivity index (χ1) is 7.11. The zero-order valence-corrected chi connectivity index (χ0v) is 8.97. The van der Waals surface area contributed by atoms with Crippen molar-refractivity contribution < 1.29 is 9.50 Å². The van der Waals surface area contributed by atoms with Gasteiger partial charge in [0.15, 0.2) is 0 Å². The summed E-state index contributed by atoms with van der Waals surface area (Å²) < 4.78 is 13.5. The number of aromatic hydroxyl groups is 1. The topological polar surface area (TPSA) is 46.2 Å². The van der Waals surface area contributed by atoms with Gasteiger partial charge in [-0.3, -0.25) is 0 Å². The van der Waals surface area contributed by atoms with Gasteiger partial charge in [0.05, 0.1) is 5.02 Å². The van der Waals surface area contributed by atoms with Crippen molar-refractivity contribution in [3.63, 3.8) is 0 Å². The molecule has 0 amide bonds. The van der Waals surface area contributed by atoms with Gasteiger partial charge in [0.1, 0.15) is 11.6 Å². The van der Waals surface area contributed by atoms with Crippen LogP contribution in [0.1, 0.15) is 30.9 Å². The minimum absolute atomic E-state index is 0.154. The molecule has 1 aliphatic rings. The molecule has 0 radical (unpaired) electrons. The summed E-state index contributed by atoms with van der Waals surface area (Å²) in [5.74, 6) is -0.420. The Balaban J connectivity index is 2.36. The second-order valence-corrected chi connectivity index (χ2v) is 4.42. The molecule has 4 heteroatoms. The van der Waals surface area contributed by atoms with Crippen molar-refractivity contribution in [3.8, 4) is 5.75 Å². The molecule has 0 unspecified atom stereocenters. The highest BCUT2D eigenvalue weighted by molar-refractivity contribution is 6.32. The molecule has 1 aliphatic carbocycles. The minimum Gasteiger partial charge on any atom is -0.506 e. The maximum Gasteiger partial charge on any atom is 0.141 e. The lowest BCUT2D eigenvalue weighted by Crippen LogP contribution is -2.27. The Kier molecular flexibility index (Phi) is 2.85. The third kappa shape index (κ3) is 1.82. The lowest BCUT2D eigenvalue weighted by Gasteiger charge is -2.32. The first-order valence-electron chi connectivity index (χ1n) is 5.03. The summed E-state index contributed by atoms with van der Waals surface area (Å²) >= 11 is 5.72. The van der Waals surface area contributed by atoms with E-state index in [1.807, 2.05) is 0 Å². The predicted molar refractivity (Wildman–Crippen MR) is 57.3 cm³/mol. The molecule has 0 spiro atoms. The quantitative estimate of drug-likeness (QED) is 0.819. The second-order valence-electron chi connectivity index (χ2n) is 4.01. The van der Waals surface area contributed by atoms with Crippen molar-refractivity contribution in [2.24, 2.45) is 11.7 Å². The van der Waals surface area contributed by atoms with Crippen LogP contribution in [0.25, 0.3) is 0 Å². The molecule has 1 atom stereocenters. The predicted octanol–water partition coefficient (Wildman–Crippen LogP) is 2.98. The van der Waals surface area contributed by atoms with Gasteiger partial charge in [0, 0.05) is 11.6 Å². The molecule has 2 nitrogen and oxygen atoms in total. The number of rotatable bonds is 2. The highest BCUT2D eigenvalue weighted by Crippen LogP contribution is 2.41. The number of hydrogen-bond donors (Lipinski definition) is 2. The van der Waals surface area contributed by atoms with Gasteiger partial charge in [0.2, 0.25) is 0 Å². The minimum atomic E-state index is -0.476. The number of hydrogen-bond acceptors (Lipinski definition) is 2. The third-order valence-electron chi connectivity index (χ3n) is 3.11. The molecule has 1 saturated carbocycles. The van der Waals surface area contributed by atoms with Crippen molar-refractivity contribution in [2.45, 2.75) is 25.3 Å². The van der Waals surface area contributed by atoms with E-state index in [0.29, 0.717) is 0 Å². The van der Waals surface area contributed by atoms with Gasteiger partial charge in [-0.1, -0.05) is 18.0 Å². The summed E-state index contributed by atoms with van der Waals surface area (Å²) in [7, 11) is 0. The monoisotopic (exact) mass is 229 g/mol. The molecule has 0 aliphatic heterocycles. The molecule has 1 fully saturated rings. The van der Waals surface area contributed by atoms with Gasteiger partial charge in [-0.15, -0.1) is 0 Å². The Labute approximate surface area is 92.9 Å². The summed E-state index contributed by atoms with van der Waals surface area (Å²) in [6, 6.07) is 2.14. The first-order valence-corrected chi connectivity index (χ1v) is 5.41. The van der Waals surface area contributed by atoms with E-state index < -0.39 is 11.9 Å². The molecule has 0 heterocycles. The zero-order valence-electron chi connectivity index (χ0n) is 8.21. The van der Waals surface area contributed by atoms with E-state index in [1.54, 1.807) is 0 Å². The van der Waals surface area contributed by atoms with Crippen molar-refractivity contribution in [1.82, 2.24) is 0 Å². The Morgan fingerprint density at radius 1 is 1.47 bits per heavy atom. The fourth-order valence-corrected chi connectivity index (χ4v) is 2.07. The van der Waals surface area contributed by atoms with Gasteiger partial charge in [-0.2, -0.15) is 0 Å². The van der Waals surface area contributed by atoms with Gasteiger partial charge >= 0.3 is 0 Å². The SMILES string of the molecule is N[C@@H](c1c(F)ccc(Cl)c1O)C1CCC1. The van der Waals surface area contributed by atoms with Crippen LogP contribution in [-0.2, 0) is 0 Å². The molecule has 1 aromatic rings. The molecule has 0 bridgehead atoms. The van der Waals surface area contributed by atoms with Crippen molar-refractivity contribution in [2.75, 3.05) is 0 Å². The summed E-state index contributed by atoms with van der Waals surface area (Å²) in [6.45, 7) is 0. The fourth-order valence-electron chi connectivity index (χ4n) is 1.91. The summed E-state index contributed by atoms with van der Waals surface area (Å²) in [6.07, 6.45) is 3.11. The highest BCUT2D eigenvalue weighted by atomic mass is 35.5. The summed E-state index contributed by atoms with van der Waals surface area (Å²) in [5.41, 5.74) is 6.07. The second kappa shape index (κ2) is 3.99. The molecule has 0 saturated heterocycles. The van der Waals surface area contributed by atoms with E-state index in [9.17, 15) is 9.50 Å². The molecule has 0 aromatic heterocycles. The van der Waals surface area contributed by atoms with Gasteiger partial charge in [-0.05, 0) is 30.9 Å². The molecular formula is C11H13ClFNO. The van der Waals surface area contributed by atoms with E-state index in [4.69, 9.17) is 17.3 Å². The normalized spacial score (nSPS) is 18.6. The number of halogens is 2.